The number of nitrogens with one attached hydrogen (secondary N) is 2. The number of benzene rings is 2. The van der Waals surface area contributed by atoms with Gasteiger partial charge in [-0.2, -0.15) is 0 Å². The van der Waals surface area contributed by atoms with Gasteiger partial charge < -0.3 is 15.5 Å². The summed E-state index contributed by atoms with van der Waals surface area (Å²) in [5.74, 6) is -2.35. The van der Waals surface area contributed by atoms with Gasteiger partial charge in [0.2, 0.25) is 11.8 Å². The summed E-state index contributed by atoms with van der Waals surface area (Å²) in [7, 11) is 0. The molecule has 0 atom stereocenters. The molecule has 130 valence electrons. The van der Waals surface area contributed by atoms with Crippen LogP contribution < -0.4 is 15.5 Å². The van der Waals surface area contributed by atoms with Crippen LogP contribution in [0.3, 0.4) is 0 Å². The number of carbonyl (C=O) groups is 2. The van der Waals surface area contributed by atoms with E-state index in [9.17, 15) is 18.4 Å². The van der Waals surface area contributed by atoms with E-state index in [2.05, 4.69) is 10.6 Å². The van der Waals surface area contributed by atoms with E-state index in [0.29, 0.717) is 18.7 Å². The van der Waals surface area contributed by atoms with Crippen LogP contribution in [0.25, 0.3) is 0 Å². The first-order valence-corrected chi connectivity index (χ1v) is 7.93. The molecule has 0 saturated carbocycles. The van der Waals surface area contributed by atoms with Gasteiger partial charge in [0, 0.05) is 24.7 Å². The summed E-state index contributed by atoms with van der Waals surface area (Å²) in [4.78, 5) is 25.6. The maximum atomic E-state index is 13.2. The number of nitrogens with zero attached hydrogens (tertiary/aromatic N) is 1. The molecule has 1 fully saturated rings. The first-order chi connectivity index (χ1) is 12.0. The fourth-order valence-corrected chi connectivity index (χ4v) is 2.72. The third-order valence-corrected chi connectivity index (χ3v) is 3.91. The molecule has 1 aliphatic heterocycles. The van der Waals surface area contributed by atoms with Crippen molar-refractivity contribution in [2.75, 3.05) is 28.6 Å². The minimum Gasteiger partial charge on any atom is -0.374 e. The second-order valence-corrected chi connectivity index (χ2v) is 5.70. The van der Waals surface area contributed by atoms with Crippen LogP contribution in [0.2, 0.25) is 0 Å². The SMILES string of the molecule is O=C(CNc1ccccc1N1CCCC1=O)Nc1ccc(F)c(F)c1. The lowest BCUT2D eigenvalue weighted by atomic mass is 10.2. The minimum atomic E-state index is -1.02. The number of para-hydroxylation sites is 2. The van der Waals surface area contributed by atoms with E-state index in [1.165, 1.54) is 6.07 Å². The van der Waals surface area contributed by atoms with Gasteiger partial charge >= 0.3 is 0 Å². The summed E-state index contributed by atoms with van der Waals surface area (Å²) in [5.41, 5.74) is 1.57. The van der Waals surface area contributed by atoms with Gasteiger partial charge in [0.1, 0.15) is 0 Å². The van der Waals surface area contributed by atoms with Gasteiger partial charge in [0.25, 0.3) is 0 Å². The van der Waals surface area contributed by atoms with Crippen LogP contribution in [-0.2, 0) is 9.59 Å². The van der Waals surface area contributed by atoms with Gasteiger partial charge in [-0.15, -0.1) is 0 Å². The summed E-state index contributed by atoms with van der Waals surface area (Å²) in [6.07, 6.45) is 1.33. The minimum absolute atomic E-state index is 0.0560. The number of carbonyl (C=O) groups excluding carboxylic acids is 2. The average Bonchev–Trinajstić information content (AvgIpc) is 3.02. The van der Waals surface area contributed by atoms with Crippen molar-refractivity contribution >= 4 is 28.9 Å². The van der Waals surface area contributed by atoms with Crippen LogP contribution in [0.5, 0.6) is 0 Å². The predicted molar refractivity (Wildman–Crippen MR) is 91.5 cm³/mol. The molecule has 3 rings (SSSR count). The number of rotatable bonds is 5. The molecular weight excluding hydrogens is 328 g/mol. The third kappa shape index (κ3) is 3.93. The lowest BCUT2D eigenvalue weighted by Crippen LogP contribution is -2.26. The van der Waals surface area contributed by atoms with Gasteiger partial charge in [0.15, 0.2) is 11.6 Å². The van der Waals surface area contributed by atoms with Crippen LogP contribution in [0.15, 0.2) is 42.5 Å². The van der Waals surface area contributed by atoms with Gasteiger partial charge in [-0.3, -0.25) is 9.59 Å². The highest BCUT2D eigenvalue weighted by molar-refractivity contribution is 5.99. The zero-order chi connectivity index (χ0) is 17.8. The van der Waals surface area contributed by atoms with Crippen molar-refractivity contribution in [3.8, 4) is 0 Å². The summed E-state index contributed by atoms with van der Waals surface area (Å²) >= 11 is 0. The van der Waals surface area contributed by atoms with E-state index in [4.69, 9.17) is 0 Å². The molecular formula is C18H17F2N3O2. The molecule has 1 heterocycles. The first kappa shape index (κ1) is 16.9. The highest BCUT2D eigenvalue weighted by Gasteiger charge is 2.23. The van der Waals surface area contributed by atoms with Crippen LogP contribution in [-0.4, -0.2) is 24.9 Å². The second kappa shape index (κ2) is 7.29. The van der Waals surface area contributed by atoms with Crippen LogP contribution >= 0.6 is 0 Å². The Morgan fingerprint density at radius 1 is 1.12 bits per heavy atom. The standard InChI is InChI=1S/C18H17F2N3O2/c19-13-8-7-12(10-14(13)20)22-17(24)11-21-15-4-1-2-5-16(15)23-9-3-6-18(23)25/h1-2,4-5,7-8,10,21H,3,6,9,11H2,(H,22,24). The lowest BCUT2D eigenvalue weighted by Gasteiger charge is -2.20. The number of amides is 2. The van der Waals surface area contributed by atoms with Crippen LogP contribution in [0.4, 0.5) is 25.8 Å². The number of anilines is 3. The van der Waals surface area contributed by atoms with Crippen molar-refractivity contribution in [3.63, 3.8) is 0 Å². The third-order valence-electron chi connectivity index (χ3n) is 3.91. The van der Waals surface area contributed by atoms with E-state index < -0.39 is 17.5 Å². The Morgan fingerprint density at radius 2 is 1.92 bits per heavy atom. The predicted octanol–water partition coefficient (Wildman–Crippen LogP) is 3.14. The molecule has 2 aromatic carbocycles. The molecule has 25 heavy (non-hydrogen) atoms. The normalized spacial score (nSPS) is 13.8. The second-order valence-electron chi connectivity index (χ2n) is 5.70. The number of hydrogen-bond donors (Lipinski definition) is 2. The molecule has 0 aromatic heterocycles. The van der Waals surface area contributed by atoms with Gasteiger partial charge in [-0.1, -0.05) is 12.1 Å². The van der Waals surface area contributed by atoms with Gasteiger partial charge in [-0.25, -0.2) is 8.78 Å². The molecule has 2 amide bonds. The van der Waals surface area contributed by atoms with Crippen LogP contribution in [0, 0.1) is 11.6 Å². The molecule has 0 aliphatic carbocycles. The Morgan fingerprint density at radius 3 is 2.64 bits per heavy atom. The molecule has 0 spiro atoms. The highest BCUT2D eigenvalue weighted by atomic mass is 19.2. The smallest absolute Gasteiger partial charge is 0.243 e. The number of halogens is 2. The van der Waals surface area contributed by atoms with E-state index in [1.54, 1.807) is 17.0 Å². The molecule has 2 N–H and O–H groups in total. The van der Waals surface area contributed by atoms with Crippen molar-refractivity contribution in [1.82, 2.24) is 0 Å². The Kier molecular flexibility index (Phi) is 4.92. The molecule has 0 radical (unpaired) electrons. The maximum Gasteiger partial charge on any atom is 0.243 e. The summed E-state index contributed by atoms with van der Waals surface area (Å²) < 4.78 is 26.1. The summed E-state index contributed by atoms with van der Waals surface area (Å²) in [5, 5.41) is 5.47. The highest BCUT2D eigenvalue weighted by Crippen LogP contribution is 2.29. The fraction of sp³-hybridized carbons (Fsp3) is 0.222. The monoisotopic (exact) mass is 345 g/mol. The molecule has 1 saturated heterocycles. The fourth-order valence-electron chi connectivity index (χ4n) is 2.72. The molecule has 5 nitrogen and oxygen atoms in total. The van der Waals surface area contributed by atoms with Crippen molar-refractivity contribution in [2.24, 2.45) is 0 Å². The molecule has 1 aliphatic rings. The Bertz CT molecular complexity index is 811. The topological polar surface area (TPSA) is 61.4 Å². The molecule has 7 heteroatoms. The summed E-state index contributed by atoms with van der Waals surface area (Å²) in [6.45, 7) is 0.580. The van der Waals surface area contributed by atoms with E-state index in [1.807, 2.05) is 12.1 Å². The average molecular weight is 345 g/mol. The van der Waals surface area contributed by atoms with Crippen molar-refractivity contribution in [2.45, 2.75) is 12.8 Å². The van der Waals surface area contributed by atoms with E-state index in [0.717, 1.165) is 24.2 Å². The van der Waals surface area contributed by atoms with E-state index >= 15 is 0 Å². The summed E-state index contributed by atoms with van der Waals surface area (Å²) in [6, 6.07) is 10.4. The van der Waals surface area contributed by atoms with Crippen molar-refractivity contribution in [1.29, 1.82) is 0 Å². The van der Waals surface area contributed by atoms with Gasteiger partial charge in [0.05, 0.1) is 17.9 Å². The molecule has 0 bridgehead atoms. The van der Waals surface area contributed by atoms with Crippen molar-refractivity contribution in [3.05, 3.63) is 54.1 Å². The Balaban J connectivity index is 1.64. The zero-order valence-corrected chi connectivity index (χ0v) is 13.4. The maximum absolute atomic E-state index is 13.2. The first-order valence-electron chi connectivity index (χ1n) is 7.93. The Labute approximate surface area is 143 Å². The molecule has 0 unspecified atom stereocenters. The van der Waals surface area contributed by atoms with Gasteiger partial charge in [-0.05, 0) is 30.7 Å². The Hall–Kier alpha value is -2.96. The van der Waals surface area contributed by atoms with Crippen molar-refractivity contribution < 1.29 is 18.4 Å². The number of hydrogen-bond acceptors (Lipinski definition) is 3. The quantitative estimate of drug-likeness (QED) is 0.875. The van der Waals surface area contributed by atoms with E-state index in [-0.39, 0.29) is 18.1 Å². The van der Waals surface area contributed by atoms with Crippen LogP contribution in [0.1, 0.15) is 12.8 Å². The molecule has 2 aromatic rings. The zero-order valence-electron chi connectivity index (χ0n) is 13.4. The lowest BCUT2D eigenvalue weighted by molar-refractivity contribution is -0.117. The largest absolute Gasteiger partial charge is 0.374 e.